The van der Waals surface area contributed by atoms with Gasteiger partial charge in [0.15, 0.2) is 0 Å². The summed E-state index contributed by atoms with van der Waals surface area (Å²) < 4.78 is 5.90. The molecule has 104 valence electrons. The van der Waals surface area contributed by atoms with E-state index in [4.69, 9.17) is 16.9 Å². The van der Waals surface area contributed by atoms with E-state index in [9.17, 15) is 0 Å². The van der Waals surface area contributed by atoms with Crippen LogP contribution >= 0.6 is 0 Å². The standard InChI is InChI=1S/C15H28N2O/c1-5-8-13(6-2)17-15(12-16)9-10-18-14(4,7-3)11-15/h2,13,17H,5,7-12,16H2,1,3-4H3. The van der Waals surface area contributed by atoms with Crippen LogP contribution in [0, 0.1) is 12.3 Å². The van der Waals surface area contributed by atoms with Crippen LogP contribution in [0.25, 0.3) is 0 Å². The number of rotatable bonds is 6. The summed E-state index contributed by atoms with van der Waals surface area (Å²) >= 11 is 0. The van der Waals surface area contributed by atoms with Crippen LogP contribution in [0.3, 0.4) is 0 Å². The summed E-state index contributed by atoms with van der Waals surface area (Å²) in [6, 6.07) is 0.123. The molecule has 1 heterocycles. The number of hydrogen-bond donors (Lipinski definition) is 2. The van der Waals surface area contributed by atoms with Crippen molar-refractivity contribution in [2.45, 2.75) is 70.1 Å². The Bertz CT molecular complexity index is 299. The first kappa shape index (κ1) is 15.5. The molecule has 0 aromatic carbocycles. The molecule has 1 saturated heterocycles. The minimum atomic E-state index is -0.0734. The smallest absolute Gasteiger partial charge is 0.0691 e. The number of ether oxygens (including phenoxy) is 1. The van der Waals surface area contributed by atoms with Crippen LogP contribution in [0.5, 0.6) is 0 Å². The average Bonchev–Trinajstić information content (AvgIpc) is 2.38. The molecule has 0 aliphatic carbocycles. The highest BCUT2D eigenvalue weighted by Crippen LogP contribution is 2.34. The predicted octanol–water partition coefficient (Wildman–Crippen LogP) is 2.05. The Morgan fingerprint density at radius 3 is 2.72 bits per heavy atom. The fourth-order valence-corrected chi connectivity index (χ4v) is 2.79. The van der Waals surface area contributed by atoms with Crippen LogP contribution < -0.4 is 11.1 Å². The molecule has 1 aliphatic rings. The molecule has 3 N–H and O–H groups in total. The Kier molecular flexibility index (Phi) is 5.65. The lowest BCUT2D eigenvalue weighted by atomic mass is 9.78. The van der Waals surface area contributed by atoms with Crippen LogP contribution in [-0.2, 0) is 4.74 Å². The molecule has 1 rings (SSSR count). The Morgan fingerprint density at radius 2 is 2.22 bits per heavy atom. The maximum absolute atomic E-state index is 6.03. The lowest BCUT2D eigenvalue weighted by molar-refractivity contribution is -0.100. The quantitative estimate of drug-likeness (QED) is 0.711. The zero-order valence-corrected chi connectivity index (χ0v) is 12.1. The molecule has 0 amide bonds. The highest BCUT2D eigenvalue weighted by molar-refractivity contribution is 5.07. The van der Waals surface area contributed by atoms with Gasteiger partial charge in [0.2, 0.25) is 0 Å². The average molecular weight is 252 g/mol. The number of nitrogens with two attached hydrogens (primary N) is 1. The Balaban J connectivity index is 2.76. The van der Waals surface area contributed by atoms with E-state index in [0.29, 0.717) is 6.54 Å². The second-order valence-electron chi connectivity index (χ2n) is 5.72. The maximum atomic E-state index is 6.03. The van der Waals surface area contributed by atoms with Gasteiger partial charge in [0.25, 0.3) is 0 Å². The van der Waals surface area contributed by atoms with E-state index in [1.165, 1.54) is 0 Å². The molecule has 0 aromatic rings. The highest BCUT2D eigenvalue weighted by atomic mass is 16.5. The minimum absolute atomic E-state index is 0.0603. The zero-order valence-electron chi connectivity index (χ0n) is 12.1. The maximum Gasteiger partial charge on any atom is 0.0691 e. The highest BCUT2D eigenvalue weighted by Gasteiger charge is 2.42. The third-order valence-electron chi connectivity index (χ3n) is 4.14. The van der Waals surface area contributed by atoms with Gasteiger partial charge in [-0.05, 0) is 32.6 Å². The normalized spacial score (nSPS) is 33.9. The second kappa shape index (κ2) is 6.56. The summed E-state index contributed by atoms with van der Waals surface area (Å²) in [5.74, 6) is 2.85. The molecular weight excluding hydrogens is 224 g/mol. The second-order valence-corrected chi connectivity index (χ2v) is 5.72. The summed E-state index contributed by atoms with van der Waals surface area (Å²) in [6.45, 7) is 7.87. The van der Waals surface area contributed by atoms with Crippen molar-refractivity contribution in [3.63, 3.8) is 0 Å². The molecule has 0 bridgehead atoms. The fourth-order valence-electron chi connectivity index (χ4n) is 2.79. The van der Waals surface area contributed by atoms with Crippen LogP contribution in [0.1, 0.15) is 52.9 Å². The SMILES string of the molecule is C#CC(CCC)NC1(CN)CCOC(C)(CC)C1. The molecule has 3 atom stereocenters. The number of nitrogens with one attached hydrogen (secondary N) is 1. The van der Waals surface area contributed by atoms with E-state index >= 15 is 0 Å². The van der Waals surface area contributed by atoms with Crippen LogP contribution in [0.4, 0.5) is 0 Å². The van der Waals surface area contributed by atoms with Crippen molar-refractivity contribution in [2.24, 2.45) is 5.73 Å². The topological polar surface area (TPSA) is 47.3 Å². The molecule has 3 unspecified atom stereocenters. The zero-order chi connectivity index (χ0) is 13.6. The number of hydrogen-bond acceptors (Lipinski definition) is 3. The van der Waals surface area contributed by atoms with Crippen molar-refractivity contribution >= 4 is 0 Å². The van der Waals surface area contributed by atoms with E-state index in [0.717, 1.165) is 38.7 Å². The van der Waals surface area contributed by atoms with Gasteiger partial charge in [0, 0.05) is 18.7 Å². The molecule has 0 radical (unpaired) electrons. The van der Waals surface area contributed by atoms with Gasteiger partial charge in [-0.2, -0.15) is 0 Å². The first-order valence-corrected chi connectivity index (χ1v) is 7.11. The van der Waals surface area contributed by atoms with E-state index in [1.54, 1.807) is 0 Å². The van der Waals surface area contributed by atoms with Crippen LogP contribution in [-0.4, -0.2) is 30.3 Å². The van der Waals surface area contributed by atoms with Gasteiger partial charge in [-0.15, -0.1) is 6.42 Å². The molecule has 18 heavy (non-hydrogen) atoms. The summed E-state index contributed by atoms with van der Waals surface area (Å²) in [5, 5.41) is 3.62. The van der Waals surface area contributed by atoms with Gasteiger partial charge < -0.3 is 10.5 Å². The van der Waals surface area contributed by atoms with Crippen molar-refractivity contribution in [2.75, 3.05) is 13.2 Å². The third kappa shape index (κ3) is 3.71. The van der Waals surface area contributed by atoms with Crippen molar-refractivity contribution in [1.29, 1.82) is 0 Å². The van der Waals surface area contributed by atoms with Gasteiger partial charge in [-0.25, -0.2) is 0 Å². The van der Waals surface area contributed by atoms with Gasteiger partial charge in [-0.3, -0.25) is 5.32 Å². The third-order valence-corrected chi connectivity index (χ3v) is 4.14. The van der Waals surface area contributed by atoms with Gasteiger partial charge in [-0.1, -0.05) is 26.2 Å². The molecule has 0 aromatic heterocycles. The molecule has 0 saturated carbocycles. The number of terminal acetylenes is 1. The molecule has 1 fully saturated rings. The lowest BCUT2D eigenvalue weighted by Gasteiger charge is -2.47. The molecule has 1 aliphatic heterocycles. The molecule has 0 spiro atoms. The first-order valence-electron chi connectivity index (χ1n) is 7.11. The van der Waals surface area contributed by atoms with E-state index in [2.05, 4.69) is 32.0 Å². The largest absolute Gasteiger partial charge is 0.375 e. The van der Waals surface area contributed by atoms with Crippen LogP contribution in [0.2, 0.25) is 0 Å². The van der Waals surface area contributed by atoms with E-state index in [-0.39, 0.29) is 17.2 Å². The van der Waals surface area contributed by atoms with E-state index in [1.807, 2.05) is 0 Å². The minimum Gasteiger partial charge on any atom is -0.375 e. The monoisotopic (exact) mass is 252 g/mol. The molecule has 3 nitrogen and oxygen atoms in total. The Labute approximate surface area is 112 Å². The summed E-state index contributed by atoms with van der Waals surface area (Å²) in [4.78, 5) is 0. The molecule has 3 heteroatoms. The summed E-state index contributed by atoms with van der Waals surface area (Å²) in [5.41, 5.74) is 5.89. The van der Waals surface area contributed by atoms with Crippen molar-refractivity contribution in [3.8, 4) is 12.3 Å². The molecular formula is C15H28N2O. The van der Waals surface area contributed by atoms with E-state index < -0.39 is 0 Å². The summed E-state index contributed by atoms with van der Waals surface area (Å²) in [6.07, 6.45) is 10.6. The van der Waals surface area contributed by atoms with Gasteiger partial charge in [0.1, 0.15) is 0 Å². The van der Waals surface area contributed by atoms with Gasteiger partial charge in [0.05, 0.1) is 11.6 Å². The van der Waals surface area contributed by atoms with Crippen LogP contribution in [0.15, 0.2) is 0 Å². The van der Waals surface area contributed by atoms with Crippen molar-refractivity contribution in [3.05, 3.63) is 0 Å². The van der Waals surface area contributed by atoms with Crippen molar-refractivity contribution < 1.29 is 4.74 Å². The van der Waals surface area contributed by atoms with Crippen molar-refractivity contribution in [1.82, 2.24) is 5.32 Å². The first-order chi connectivity index (χ1) is 8.53. The Hall–Kier alpha value is -0.560. The fraction of sp³-hybridized carbons (Fsp3) is 0.867. The predicted molar refractivity (Wildman–Crippen MR) is 76.3 cm³/mol. The van der Waals surface area contributed by atoms with Gasteiger partial charge >= 0.3 is 0 Å². The summed E-state index contributed by atoms with van der Waals surface area (Å²) in [7, 11) is 0. The lowest BCUT2D eigenvalue weighted by Crippen LogP contribution is -2.61. The Morgan fingerprint density at radius 1 is 1.50 bits per heavy atom.